The molecule has 0 atom stereocenters. The van der Waals surface area contributed by atoms with E-state index >= 15 is 0 Å². The molecule has 2 aromatic carbocycles. The second-order valence-corrected chi connectivity index (χ2v) is 5.84. The number of nitrogens with zero attached hydrogens (tertiary/aromatic N) is 3. The van der Waals surface area contributed by atoms with Gasteiger partial charge in [-0.1, -0.05) is 22.0 Å². The van der Waals surface area contributed by atoms with E-state index in [1.807, 2.05) is 42.5 Å². The van der Waals surface area contributed by atoms with Crippen molar-refractivity contribution in [2.45, 2.75) is 0 Å². The van der Waals surface area contributed by atoms with E-state index in [1.165, 1.54) is 0 Å². The molecule has 4 nitrogen and oxygen atoms in total. The van der Waals surface area contributed by atoms with Crippen molar-refractivity contribution in [2.75, 3.05) is 5.32 Å². The number of hydrogen-bond donors (Lipinski definition) is 1. The first-order valence-electron chi connectivity index (χ1n) is 6.82. The minimum absolute atomic E-state index is 0.787. The lowest BCUT2D eigenvalue weighted by atomic mass is 10.2. The summed E-state index contributed by atoms with van der Waals surface area (Å²) in [4.78, 5) is 13.0. The monoisotopic (exact) mass is 350 g/mol. The summed E-state index contributed by atoms with van der Waals surface area (Å²) in [6.45, 7) is 0. The fraction of sp³-hybridized carbons (Fsp3) is 0. The molecule has 0 aliphatic carbocycles. The molecule has 0 aliphatic heterocycles. The molecule has 0 bridgehead atoms. The SMILES string of the molecule is Brc1ccc2ncnc(Nc3ccc4ncccc4c3)c2c1. The highest BCUT2D eigenvalue weighted by Crippen LogP contribution is 2.27. The van der Waals surface area contributed by atoms with Gasteiger partial charge in [0.15, 0.2) is 0 Å². The number of pyridine rings is 1. The van der Waals surface area contributed by atoms with Crippen LogP contribution in [-0.4, -0.2) is 15.0 Å². The summed E-state index contributed by atoms with van der Waals surface area (Å²) < 4.78 is 1.00. The molecule has 2 aromatic heterocycles. The molecule has 5 heteroatoms. The first-order chi connectivity index (χ1) is 10.8. The molecule has 2 heterocycles. The van der Waals surface area contributed by atoms with Crippen molar-refractivity contribution in [3.8, 4) is 0 Å². The zero-order valence-electron chi connectivity index (χ0n) is 11.5. The van der Waals surface area contributed by atoms with Crippen molar-refractivity contribution < 1.29 is 0 Å². The molecule has 4 aromatic rings. The predicted molar refractivity (Wildman–Crippen MR) is 92.3 cm³/mol. The smallest absolute Gasteiger partial charge is 0.141 e. The van der Waals surface area contributed by atoms with Crippen LogP contribution >= 0.6 is 15.9 Å². The first-order valence-corrected chi connectivity index (χ1v) is 7.61. The fourth-order valence-corrected chi connectivity index (χ4v) is 2.78. The second-order valence-electron chi connectivity index (χ2n) is 4.92. The van der Waals surface area contributed by atoms with Gasteiger partial charge in [0.2, 0.25) is 0 Å². The summed E-state index contributed by atoms with van der Waals surface area (Å²) in [5, 5.41) is 5.43. The van der Waals surface area contributed by atoms with E-state index in [-0.39, 0.29) is 0 Å². The minimum atomic E-state index is 0.787. The Morgan fingerprint density at radius 2 is 1.77 bits per heavy atom. The van der Waals surface area contributed by atoms with Crippen LogP contribution in [0.3, 0.4) is 0 Å². The van der Waals surface area contributed by atoms with Crippen LogP contribution in [0.25, 0.3) is 21.8 Å². The van der Waals surface area contributed by atoms with Crippen LogP contribution < -0.4 is 5.32 Å². The molecule has 22 heavy (non-hydrogen) atoms. The summed E-state index contributed by atoms with van der Waals surface area (Å²) in [5.74, 6) is 0.787. The van der Waals surface area contributed by atoms with Gasteiger partial charge in [-0.25, -0.2) is 9.97 Å². The number of anilines is 2. The van der Waals surface area contributed by atoms with E-state index in [9.17, 15) is 0 Å². The van der Waals surface area contributed by atoms with Crippen molar-refractivity contribution in [1.29, 1.82) is 0 Å². The maximum atomic E-state index is 4.36. The lowest BCUT2D eigenvalue weighted by Gasteiger charge is -2.09. The van der Waals surface area contributed by atoms with E-state index < -0.39 is 0 Å². The Hall–Kier alpha value is -2.53. The van der Waals surface area contributed by atoms with Crippen LogP contribution in [-0.2, 0) is 0 Å². The lowest BCUT2D eigenvalue weighted by Crippen LogP contribution is -1.96. The van der Waals surface area contributed by atoms with Crippen molar-refractivity contribution in [2.24, 2.45) is 0 Å². The molecule has 0 saturated heterocycles. The van der Waals surface area contributed by atoms with Crippen LogP contribution in [0, 0.1) is 0 Å². The first kappa shape index (κ1) is 13.2. The molecule has 0 radical (unpaired) electrons. The Morgan fingerprint density at radius 3 is 2.73 bits per heavy atom. The molecule has 0 aliphatic rings. The Kier molecular flexibility index (Phi) is 3.20. The van der Waals surface area contributed by atoms with Crippen molar-refractivity contribution in [1.82, 2.24) is 15.0 Å². The number of benzene rings is 2. The molecular formula is C17H11BrN4. The molecule has 0 fully saturated rings. The molecule has 1 N–H and O–H groups in total. The van der Waals surface area contributed by atoms with Crippen molar-refractivity contribution in [3.05, 3.63) is 65.5 Å². The van der Waals surface area contributed by atoms with Crippen LogP contribution in [0.1, 0.15) is 0 Å². The molecule has 0 spiro atoms. The van der Waals surface area contributed by atoms with Gasteiger partial charge >= 0.3 is 0 Å². The second kappa shape index (κ2) is 5.35. The van der Waals surface area contributed by atoms with E-state index in [0.29, 0.717) is 0 Å². The molecule has 0 amide bonds. The van der Waals surface area contributed by atoms with Gasteiger partial charge in [-0.2, -0.15) is 0 Å². The van der Waals surface area contributed by atoms with Gasteiger partial charge in [-0.3, -0.25) is 4.98 Å². The third-order valence-electron chi connectivity index (χ3n) is 3.46. The number of fused-ring (bicyclic) bond motifs is 2. The van der Waals surface area contributed by atoms with E-state index in [0.717, 1.165) is 37.8 Å². The number of aromatic nitrogens is 3. The van der Waals surface area contributed by atoms with Gasteiger partial charge in [0.25, 0.3) is 0 Å². The number of hydrogen-bond acceptors (Lipinski definition) is 4. The summed E-state index contributed by atoms with van der Waals surface area (Å²) in [6.07, 6.45) is 3.37. The molecule has 0 saturated carbocycles. The van der Waals surface area contributed by atoms with E-state index in [2.05, 4.69) is 42.3 Å². The number of nitrogens with one attached hydrogen (secondary N) is 1. The Morgan fingerprint density at radius 1 is 0.864 bits per heavy atom. The molecule has 0 unspecified atom stereocenters. The molecule has 4 rings (SSSR count). The zero-order valence-corrected chi connectivity index (χ0v) is 13.1. The Balaban J connectivity index is 1.80. The third kappa shape index (κ3) is 2.40. The Bertz CT molecular complexity index is 984. The van der Waals surface area contributed by atoms with Crippen LogP contribution in [0.4, 0.5) is 11.5 Å². The summed E-state index contributed by atoms with van der Waals surface area (Å²) in [7, 11) is 0. The molecular weight excluding hydrogens is 340 g/mol. The maximum absolute atomic E-state index is 4.36. The van der Waals surface area contributed by atoms with E-state index in [4.69, 9.17) is 0 Å². The summed E-state index contributed by atoms with van der Waals surface area (Å²) >= 11 is 3.49. The number of halogens is 1. The van der Waals surface area contributed by atoms with Crippen molar-refractivity contribution >= 4 is 49.2 Å². The molecule has 106 valence electrons. The van der Waals surface area contributed by atoms with Crippen LogP contribution in [0.2, 0.25) is 0 Å². The van der Waals surface area contributed by atoms with E-state index in [1.54, 1.807) is 12.5 Å². The highest BCUT2D eigenvalue weighted by Gasteiger charge is 2.05. The minimum Gasteiger partial charge on any atom is -0.340 e. The normalized spacial score (nSPS) is 11.0. The van der Waals surface area contributed by atoms with Gasteiger partial charge in [-0.05, 0) is 42.5 Å². The van der Waals surface area contributed by atoms with Gasteiger partial charge in [0.05, 0.1) is 11.0 Å². The van der Waals surface area contributed by atoms with Crippen LogP contribution in [0.15, 0.2) is 65.5 Å². The van der Waals surface area contributed by atoms with Crippen molar-refractivity contribution in [3.63, 3.8) is 0 Å². The maximum Gasteiger partial charge on any atom is 0.141 e. The highest BCUT2D eigenvalue weighted by molar-refractivity contribution is 9.10. The number of rotatable bonds is 2. The lowest BCUT2D eigenvalue weighted by molar-refractivity contribution is 1.22. The fourth-order valence-electron chi connectivity index (χ4n) is 2.42. The average Bonchev–Trinajstić information content (AvgIpc) is 2.55. The summed E-state index contributed by atoms with van der Waals surface area (Å²) in [5.41, 5.74) is 2.85. The Labute approximate surface area is 135 Å². The predicted octanol–water partition coefficient (Wildman–Crippen LogP) is 4.68. The van der Waals surface area contributed by atoms with Gasteiger partial charge in [0.1, 0.15) is 12.1 Å². The quantitative estimate of drug-likeness (QED) is 0.570. The zero-order chi connectivity index (χ0) is 14.9. The largest absolute Gasteiger partial charge is 0.340 e. The van der Waals surface area contributed by atoms with Gasteiger partial charge in [-0.15, -0.1) is 0 Å². The standard InChI is InChI=1S/C17H11BrN4/c18-12-3-5-16-14(9-12)17(21-10-20-16)22-13-4-6-15-11(8-13)2-1-7-19-15/h1-10H,(H,20,21,22). The van der Waals surface area contributed by atoms with Gasteiger partial charge in [0, 0.05) is 27.1 Å². The third-order valence-corrected chi connectivity index (χ3v) is 3.96. The average molecular weight is 351 g/mol. The van der Waals surface area contributed by atoms with Gasteiger partial charge < -0.3 is 5.32 Å². The summed E-state index contributed by atoms with van der Waals surface area (Å²) in [6, 6.07) is 16.0. The van der Waals surface area contributed by atoms with Crippen LogP contribution in [0.5, 0.6) is 0 Å². The topological polar surface area (TPSA) is 50.7 Å². The highest BCUT2D eigenvalue weighted by atomic mass is 79.9.